The molecule has 1 unspecified atom stereocenters. The molecular formula is C23H41N5. The lowest BCUT2D eigenvalue weighted by atomic mass is 10.1. The summed E-state index contributed by atoms with van der Waals surface area (Å²) in [5.41, 5.74) is 2.55. The van der Waals surface area contributed by atoms with Crippen LogP contribution in [0.25, 0.3) is 0 Å². The summed E-state index contributed by atoms with van der Waals surface area (Å²) in [6, 6.07) is 8.65. The van der Waals surface area contributed by atoms with Crippen molar-refractivity contribution in [1.82, 2.24) is 20.4 Å². The van der Waals surface area contributed by atoms with Crippen molar-refractivity contribution in [2.24, 2.45) is 10.9 Å². The van der Waals surface area contributed by atoms with Gasteiger partial charge in [-0.2, -0.15) is 0 Å². The molecule has 2 rings (SSSR count). The van der Waals surface area contributed by atoms with E-state index in [4.69, 9.17) is 4.99 Å². The van der Waals surface area contributed by atoms with Crippen LogP contribution in [0.2, 0.25) is 0 Å². The van der Waals surface area contributed by atoms with Crippen molar-refractivity contribution < 1.29 is 0 Å². The summed E-state index contributed by atoms with van der Waals surface area (Å²) in [5, 5.41) is 7.06. The molecule has 158 valence electrons. The molecule has 1 aliphatic rings. The zero-order valence-electron chi connectivity index (χ0n) is 18.5. The molecule has 0 aromatic heterocycles. The number of piperazine rings is 1. The second-order valence-corrected chi connectivity index (χ2v) is 8.15. The molecule has 0 spiro atoms. The number of guanidine groups is 1. The van der Waals surface area contributed by atoms with E-state index in [1.807, 2.05) is 0 Å². The maximum atomic E-state index is 4.81. The SMILES string of the molecule is CCCCNC(=NCc1ccc(C)cc1)NCC(C)CN1CCN(CC)CC1. The van der Waals surface area contributed by atoms with E-state index in [1.54, 1.807) is 0 Å². The van der Waals surface area contributed by atoms with Gasteiger partial charge < -0.3 is 20.4 Å². The average molecular weight is 388 g/mol. The summed E-state index contributed by atoms with van der Waals surface area (Å²) in [4.78, 5) is 9.95. The number of benzene rings is 1. The lowest BCUT2D eigenvalue weighted by Crippen LogP contribution is -2.48. The first-order valence-corrected chi connectivity index (χ1v) is 11.1. The van der Waals surface area contributed by atoms with Crippen molar-refractivity contribution in [2.75, 3.05) is 52.4 Å². The topological polar surface area (TPSA) is 42.9 Å². The van der Waals surface area contributed by atoms with Crippen LogP contribution in [0, 0.1) is 12.8 Å². The first-order valence-electron chi connectivity index (χ1n) is 11.1. The number of hydrogen-bond donors (Lipinski definition) is 2. The highest BCUT2D eigenvalue weighted by Crippen LogP contribution is 2.06. The van der Waals surface area contributed by atoms with Crippen molar-refractivity contribution in [2.45, 2.75) is 47.1 Å². The van der Waals surface area contributed by atoms with E-state index in [0.717, 1.165) is 32.1 Å². The third-order valence-corrected chi connectivity index (χ3v) is 5.46. The molecule has 0 amide bonds. The first-order chi connectivity index (χ1) is 13.6. The van der Waals surface area contributed by atoms with E-state index in [1.165, 1.54) is 56.7 Å². The van der Waals surface area contributed by atoms with Gasteiger partial charge in [0.25, 0.3) is 0 Å². The Bertz CT molecular complexity index is 561. The molecule has 1 atom stereocenters. The molecule has 1 aromatic rings. The van der Waals surface area contributed by atoms with Gasteiger partial charge in [0.15, 0.2) is 5.96 Å². The molecule has 5 nitrogen and oxygen atoms in total. The fraction of sp³-hybridized carbons (Fsp3) is 0.696. The Balaban J connectivity index is 1.80. The van der Waals surface area contributed by atoms with Crippen LogP contribution in [-0.4, -0.2) is 68.1 Å². The molecule has 0 saturated carbocycles. The number of nitrogens with zero attached hydrogens (tertiary/aromatic N) is 3. The molecule has 1 aromatic carbocycles. The van der Waals surface area contributed by atoms with Gasteiger partial charge in [0.1, 0.15) is 0 Å². The molecule has 2 N–H and O–H groups in total. The number of hydrogen-bond acceptors (Lipinski definition) is 3. The molecule has 1 heterocycles. The van der Waals surface area contributed by atoms with Gasteiger partial charge in [-0.25, -0.2) is 4.99 Å². The molecule has 0 radical (unpaired) electrons. The van der Waals surface area contributed by atoms with Crippen molar-refractivity contribution in [1.29, 1.82) is 0 Å². The van der Waals surface area contributed by atoms with Crippen LogP contribution >= 0.6 is 0 Å². The zero-order chi connectivity index (χ0) is 20.2. The molecule has 5 heteroatoms. The standard InChI is InChI=1S/C23H41N5/c1-5-7-12-24-23(26-18-22-10-8-20(3)9-11-22)25-17-21(4)19-28-15-13-27(6-2)14-16-28/h8-11,21H,5-7,12-19H2,1-4H3,(H2,24,25,26). The Hall–Kier alpha value is -1.59. The minimum atomic E-state index is 0.603. The maximum Gasteiger partial charge on any atom is 0.191 e. The molecule has 0 bridgehead atoms. The predicted molar refractivity (Wildman–Crippen MR) is 121 cm³/mol. The van der Waals surface area contributed by atoms with Crippen LogP contribution in [0.4, 0.5) is 0 Å². The van der Waals surface area contributed by atoms with Crippen molar-refractivity contribution in [3.63, 3.8) is 0 Å². The number of rotatable bonds is 10. The molecule has 28 heavy (non-hydrogen) atoms. The summed E-state index contributed by atoms with van der Waals surface area (Å²) in [6.07, 6.45) is 2.36. The van der Waals surface area contributed by atoms with Crippen LogP contribution < -0.4 is 10.6 Å². The minimum Gasteiger partial charge on any atom is -0.356 e. The number of nitrogens with one attached hydrogen (secondary N) is 2. The summed E-state index contributed by atoms with van der Waals surface area (Å²) in [6.45, 7) is 18.7. The summed E-state index contributed by atoms with van der Waals surface area (Å²) in [5.74, 6) is 1.54. The highest BCUT2D eigenvalue weighted by Gasteiger charge is 2.17. The van der Waals surface area contributed by atoms with E-state index < -0.39 is 0 Å². The van der Waals surface area contributed by atoms with Crippen molar-refractivity contribution in [3.8, 4) is 0 Å². The van der Waals surface area contributed by atoms with Gasteiger partial charge in [-0.1, -0.05) is 57.0 Å². The second kappa shape index (κ2) is 12.8. The predicted octanol–water partition coefficient (Wildman–Crippen LogP) is 3.10. The van der Waals surface area contributed by atoms with E-state index in [-0.39, 0.29) is 0 Å². The first kappa shape index (κ1) is 22.7. The Labute approximate surface area is 172 Å². The molecule has 1 fully saturated rings. The third-order valence-electron chi connectivity index (χ3n) is 5.46. The maximum absolute atomic E-state index is 4.81. The van der Waals surface area contributed by atoms with E-state index >= 15 is 0 Å². The van der Waals surface area contributed by atoms with Crippen LogP contribution in [0.1, 0.15) is 44.7 Å². The van der Waals surface area contributed by atoms with E-state index in [0.29, 0.717) is 5.92 Å². The average Bonchev–Trinajstić information content (AvgIpc) is 2.71. The van der Waals surface area contributed by atoms with Crippen LogP contribution in [-0.2, 0) is 6.54 Å². The van der Waals surface area contributed by atoms with Crippen molar-refractivity contribution in [3.05, 3.63) is 35.4 Å². The second-order valence-electron chi connectivity index (χ2n) is 8.15. The van der Waals surface area contributed by atoms with E-state index in [2.05, 4.69) is 72.4 Å². The Morgan fingerprint density at radius 1 is 1.04 bits per heavy atom. The lowest BCUT2D eigenvalue weighted by Gasteiger charge is -2.35. The third kappa shape index (κ3) is 8.61. The number of likely N-dealkylation sites (N-methyl/N-ethyl adjacent to an activating group) is 1. The van der Waals surface area contributed by atoms with Crippen molar-refractivity contribution >= 4 is 5.96 Å². The Morgan fingerprint density at radius 2 is 1.71 bits per heavy atom. The molecule has 1 saturated heterocycles. The smallest absolute Gasteiger partial charge is 0.191 e. The van der Waals surface area contributed by atoms with Crippen LogP contribution in [0.5, 0.6) is 0 Å². The van der Waals surface area contributed by atoms with Gasteiger partial charge in [0.2, 0.25) is 0 Å². The highest BCUT2D eigenvalue weighted by atomic mass is 15.3. The quantitative estimate of drug-likeness (QED) is 0.368. The monoisotopic (exact) mass is 387 g/mol. The van der Waals surface area contributed by atoms with E-state index in [9.17, 15) is 0 Å². The number of unbranched alkanes of at least 4 members (excludes halogenated alkanes) is 1. The molecular weight excluding hydrogens is 346 g/mol. The number of aliphatic imine (C=N–C) groups is 1. The normalized spacial score (nSPS) is 17.5. The van der Waals surface area contributed by atoms with Crippen LogP contribution in [0.3, 0.4) is 0 Å². The Kier molecular flexibility index (Phi) is 10.4. The van der Waals surface area contributed by atoms with Gasteiger partial charge in [-0.05, 0) is 31.4 Å². The van der Waals surface area contributed by atoms with Gasteiger partial charge in [-0.15, -0.1) is 0 Å². The van der Waals surface area contributed by atoms with Crippen LogP contribution in [0.15, 0.2) is 29.3 Å². The number of aryl methyl sites for hydroxylation is 1. The Morgan fingerprint density at radius 3 is 2.36 bits per heavy atom. The fourth-order valence-corrected chi connectivity index (χ4v) is 3.49. The van der Waals surface area contributed by atoms with Gasteiger partial charge >= 0.3 is 0 Å². The zero-order valence-corrected chi connectivity index (χ0v) is 18.5. The molecule has 1 aliphatic heterocycles. The fourth-order valence-electron chi connectivity index (χ4n) is 3.49. The molecule has 0 aliphatic carbocycles. The minimum absolute atomic E-state index is 0.603. The summed E-state index contributed by atoms with van der Waals surface area (Å²) in [7, 11) is 0. The van der Waals surface area contributed by atoms with Gasteiger partial charge in [0, 0.05) is 45.8 Å². The lowest BCUT2D eigenvalue weighted by molar-refractivity contribution is 0.124. The highest BCUT2D eigenvalue weighted by molar-refractivity contribution is 5.79. The largest absolute Gasteiger partial charge is 0.356 e. The summed E-state index contributed by atoms with van der Waals surface area (Å²) < 4.78 is 0. The van der Waals surface area contributed by atoms with Gasteiger partial charge in [-0.3, -0.25) is 0 Å². The van der Waals surface area contributed by atoms with Gasteiger partial charge in [0.05, 0.1) is 6.54 Å². The summed E-state index contributed by atoms with van der Waals surface area (Å²) >= 11 is 0.